The van der Waals surface area contributed by atoms with Crippen LogP contribution in [-0.4, -0.2) is 24.1 Å². The van der Waals surface area contributed by atoms with E-state index in [1.807, 2.05) is 7.05 Å². The second-order valence-electron chi connectivity index (χ2n) is 4.87. The predicted octanol–water partition coefficient (Wildman–Crippen LogP) is 3.19. The van der Waals surface area contributed by atoms with Crippen molar-refractivity contribution in [3.63, 3.8) is 0 Å². The molecule has 2 N–H and O–H groups in total. The van der Waals surface area contributed by atoms with E-state index in [0.29, 0.717) is 11.7 Å². The van der Waals surface area contributed by atoms with E-state index < -0.39 is 4.92 Å². The molecule has 1 aromatic rings. The number of rotatable bonds is 4. The second-order valence-corrected chi connectivity index (χ2v) is 5.28. The molecular formula is C13H18ClN3O2. The summed E-state index contributed by atoms with van der Waals surface area (Å²) in [4.78, 5) is 10.6. The lowest BCUT2D eigenvalue weighted by Crippen LogP contribution is -2.35. The summed E-state index contributed by atoms with van der Waals surface area (Å²) in [5, 5.41) is 17.8. The number of nitro benzene ring substituents is 1. The average Bonchev–Trinajstić information content (AvgIpc) is 2.39. The fraction of sp³-hybridized carbons (Fsp3) is 0.538. The predicted molar refractivity (Wildman–Crippen MR) is 76.8 cm³/mol. The molecule has 1 aliphatic carbocycles. The van der Waals surface area contributed by atoms with E-state index in [0.717, 1.165) is 25.7 Å². The molecule has 0 aliphatic heterocycles. The van der Waals surface area contributed by atoms with Crippen LogP contribution in [0.5, 0.6) is 0 Å². The number of para-hydroxylation sites is 1. The van der Waals surface area contributed by atoms with Crippen molar-refractivity contribution in [1.82, 2.24) is 5.32 Å². The largest absolute Gasteiger partial charge is 0.377 e. The van der Waals surface area contributed by atoms with Crippen molar-refractivity contribution in [3.8, 4) is 0 Å². The number of nitro groups is 1. The molecule has 19 heavy (non-hydrogen) atoms. The molecule has 1 fully saturated rings. The summed E-state index contributed by atoms with van der Waals surface area (Å²) in [6, 6.07) is 5.84. The summed E-state index contributed by atoms with van der Waals surface area (Å²) >= 11 is 5.90. The summed E-state index contributed by atoms with van der Waals surface area (Å²) in [5.74, 6) is 0. The van der Waals surface area contributed by atoms with Gasteiger partial charge in [0.05, 0.1) is 4.92 Å². The molecule has 1 saturated carbocycles. The van der Waals surface area contributed by atoms with Crippen LogP contribution in [-0.2, 0) is 0 Å². The molecule has 2 rings (SSSR count). The van der Waals surface area contributed by atoms with E-state index in [4.69, 9.17) is 11.6 Å². The molecule has 0 radical (unpaired) electrons. The first-order chi connectivity index (χ1) is 9.11. The van der Waals surface area contributed by atoms with E-state index in [2.05, 4.69) is 10.6 Å². The van der Waals surface area contributed by atoms with Crippen LogP contribution in [0.2, 0.25) is 5.02 Å². The molecule has 6 heteroatoms. The number of benzene rings is 1. The van der Waals surface area contributed by atoms with Crippen LogP contribution in [0.1, 0.15) is 25.7 Å². The summed E-state index contributed by atoms with van der Waals surface area (Å²) in [5.41, 5.74) is 0.491. The average molecular weight is 284 g/mol. The first kappa shape index (κ1) is 14.1. The Kier molecular flexibility index (Phi) is 4.61. The molecule has 0 amide bonds. The first-order valence-electron chi connectivity index (χ1n) is 6.48. The normalized spacial score (nSPS) is 23.1. The van der Waals surface area contributed by atoms with E-state index in [-0.39, 0.29) is 16.8 Å². The number of hydrogen-bond donors (Lipinski definition) is 2. The molecular weight excluding hydrogens is 266 g/mol. The summed E-state index contributed by atoms with van der Waals surface area (Å²) in [6.45, 7) is 0. The Labute approximate surface area is 117 Å². The van der Waals surface area contributed by atoms with Crippen LogP contribution < -0.4 is 10.6 Å². The quantitative estimate of drug-likeness (QED) is 0.658. The Hall–Kier alpha value is -1.33. The van der Waals surface area contributed by atoms with Crippen LogP contribution >= 0.6 is 11.6 Å². The molecule has 0 aromatic heterocycles. The van der Waals surface area contributed by atoms with Gasteiger partial charge in [-0.2, -0.15) is 0 Å². The highest BCUT2D eigenvalue weighted by molar-refractivity contribution is 6.33. The highest BCUT2D eigenvalue weighted by Gasteiger charge is 2.24. The highest BCUT2D eigenvalue weighted by Crippen LogP contribution is 2.34. The molecule has 0 heterocycles. The number of anilines is 1. The third kappa shape index (κ3) is 3.36. The first-order valence-corrected chi connectivity index (χ1v) is 6.86. The van der Waals surface area contributed by atoms with Crippen molar-refractivity contribution in [2.24, 2.45) is 0 Å². The minimum Gasteiger partial charge on any atom is -0.377 e. The Morgan fingerprint density at radius 2 is 1.89 bits per heavy atom. The summed E-state index contributed by atoms with van der Waals surface area (Å²) < 4.78 is 0. The zero-order chi connectivity index (χ0) is 13.8. The molecule has 1 aliphatic rings. The molecule has 0 bridgehead atoms. The van der Waals surface area contributed by atoms with Crippen molar-refractivity contribution in [3.05, 3.63) is 33.3 Å². The molecule has 5 nitrogen and oxygen atoms in total. The van der Waals surface area contributed by atoms with Gasteiger partial charge in [0, 0.05) is 12.1 Å². The topological polar surface area (TPSA) is 67.2 Å². The van der Waals surface area contributed by atoms with Crippen LogP contribution in [0.15, 0.2) is 18.2 Å². The van der Waals surface area contributed by atoms with Gasteiger partial charge >= 0.3 is 5.69 Å². The van der Waals surface area contributed by atoms with Gasteiger partial charge in [-0.15, -0.1) is 0 Å². The van der Waals surface area contributed by atoms with Crippen molar-refractivity contribution < 1.29 is 4.92 Å². The Balaban J connectivity index is 2.08. The SMILES string of the molecule is CNC1CCC(Nc2cccc(Cl)c2[N+](=O)[O-])CC1. The smallest absolute Gasteiger partial charge is 0.310 e. The number of halogens is 1. The third-order valence-corrected chi connectivity index (χ3v) is 3.97. The number of hydrogen-bond acceptors (Lipinski definition) is 4. The Bertz CT molecular complexity index is 459. The minimum absolute atomic E-state index is 0.0279. The molecule has 1 aromatic carbocycles. The van der Waals surface area contributed by atoms with Gasteiger partial charge in [-0.3, -0.25) is 10.1 Å². The third-order valence-electron chi connectivity index (χ3n) is 3.66. The van der Waals surface area contributed by atoms with Gasteiger partial charge in [-0.25, -0.2) is 0 Å². The maximum Gasteiger partial charge on any atom is 0.310 e. The monoisotopic (exact) mass is 283 g/mol. The zero-order valence-corrected chi connectivity index (χ0v) is 11.6. The van der Waals surface area contributed by atoms with Crippen molar-refractivity contribution >= 4 is 23.0 Å². The van der Waals surface area contributed by atoms with E-state index in [1.165, 1.54) is 0 Å². The van der Waals surface area contributed by atoms with Gasteiger partial charge in [-0.1, -0.05) is 17.7 Å². The number of nitrogens with zero attached hydrogens (tertiary/aromatic N) is 1. The van der Waals surface area contributed by atoms with Crippen LogP contribution in [0.25, 0.3) is 0 Å². The fourth-order valence-electron chi connectivity index (χ4n) is 2.56. The fourth-order valence-corrected chi connectivity index (χ4v) is 2.81. The highest BCUT2D eigenvalue weighted by atomic mass is 35.5. The van der Waals surface area contributed by atoms with Crippen LogP contribution in [0.3, 0.4) is 0 Å². The van der Waals surface area contributed by atoms with Crippen LogP contribution in [0, 0.1) is 10.1 Å². The van der Waals surface area contributed by atoms with Gasteiger partial charge in [0.1, 0.15) is 10.7 Å². The van der Waals surface area contributed by atoms with Gasteiger partial charge in [-0.05, 0) is 44.9 Å². The van der Waals surface area contributed by atoms with Crippen molar-refractivity contribution in [2.75, 3.05) is 12.4 Å². The van der Waals surface area contributed by atoms with Gasteiger partial charge in [0.2, 0.25) is 0 Å². The lowest BCUT2D eigenvalue weighted by molar-refractivity contribution is -0.383. The van der Waals surface area contributed by atoms with E-state index >= 15 is 0 Å². The minimum atomic E-state index is -0.427. The van der Waals surface area contributed by atoms with Crippen molar-refractivity contribution in [1.29, 1.82) is 0 Å². The molecule has 0 spiro atoms. The molecule has 104 valence electrons. The van der Waals surface area contributed by atoms with Gasteiger partial charge in [0.15, 0.2) is 0 Å². The molecule has 0 atom stereocenters. The summed E-state index contributed by atoms with van der Waals surface area (Å²) in [6.07, 6.45) is 4.19. The maximum absolute atomic E-state index is 11.1. The zero-order valence-electron chi connectivity index (χ0n) is 10.9. The lowest BCUT2D eigenvalue weighted by Gasteiger charge is -2.29. The van der Waals surface area contributed by atoms with E-state index in [1.54, 1.807) is 18.2 Å². The summed E-state index contributed by atoms with van der Waals surface area (Å²) in [7, 11) is 1.97. The Morgan fingerprint density at radius 3 is 2.47 bits per heavy atom. The maximum atomic E-state index is 11.1. The second kappa shape index (κ2) is 6.21. The number of nitrogens with one attached hydrogen (secondary N) is 2. The molecule has 0 unspecified atom stereocenters. The Morgan fingerprint density at radius 1 is 1.26 bits per heavy atom. The lowest BCUT2D eigenvalue weighted by atomic mass is 9.91. The van der Waals surface area contributed by atoms with Gasteiger partial charge in [0.25, 0.3) is 0 Å². The molecule has 0 saturated heterocycles. The van der Waals surface area contributed by atoms with Gasteiger partial charge < -0.3 is 10.6 Å². The van der Waals surface area contributed by atoms with Crippen molar-refractivity contribution in [2.45, 2.75) is 37.8 Å². The van der Waals surface area contributed by atoms with Crippen LogP contribution in [0.4, 0.5) is 11.4 Å². The van der Waals surface area contributed by atoms with E-state index in [9.17, 15) is 10.1 Å². The standard InChI is InChI=1S/C13H18ClN3O2/c1-15-9-5-7-10(8-6-9)16-12-4-2-3-11(14)13(12)17(18)19/h2-4,9-10,15-16H,5-8H2,1H3.